The predicted octanol–water partition coefficient (Wildman–Crippen LogP) is 1.92. The molecule has 254 valence electrons. The summed E-state index contributed by atoms with van der Waals surface area (Å²) >= 11 is 0. The van der Waals surface area contributed by atoms with Crippen molar-refractivity contribution in [2.75, 3.05) is 19.8 Å². The van der Waals surface area contributed by atoms with E-state index in [0.717, 1.165) is 0 Å². The summed E-state index contributed by atoms with van der Waals surface area (Å²) < 4.78 is 27.3. The van der Waals surface area contributed by atoms with Crippen LogP contribution in [0, 0.1) is 32.8 Å². The lowest BCUT2D eigenvalue weighted by Crippen LogP contribution is -2.69. The SMILES string of the molecule is C[C@]12C=CC(=O)C=C1CC[C@H]1[C@@H]3C[C@@H](O)[C@](O)(C(=O)COC(=O)NCCOC(=O)c4ccc(CO[N+](=O)[O-])cc4)[C@@]3(C)C[C@H](O)[C@@]12F. The number of carbonyl (C=O) groups is 4. The van der Waals surface area contributed by atoms with Crippen molar-refractivity contribution >= 4 is 23.6 Å². The van der Waals surface area contributed by atoms with Gasteiger partial charge in [-0.15, -0.1) is 10.1 Å². The fourth-order valence-electron chi connectivity index (χ4n) is 8.27. The summed E-state index contributed by atoms with van der Waals surface area (Å²) in [4.78, 5) is 64.5. The third-order valence-electron chi connectivity index (χ3n) is 10.8. The van der Waals surface area contributed by atoms with Gasteiger partial charge in [0, 0.05) is 16.7 Å². The van der Waals surface area contributed by atoms with Crippen molar-refractivity contribution in [3.63, 3.8) is 0 Å². The van der Waals surface area contributed by atoms with Gasteiger partial charge in [0.1, 0.15) is 13.2 Å². The van der Waals surface area contributed by atoms with Gasteiger partial charge in [-0.05, 0) is 68.4 Å². The number of Topliss-reactive ketones (excluding diaryl/α,β-unsaturated/α-hetero) is 1. The molecule has 14 nitrogen and oxygen atoms in total. The van der Waals surface area contributed by atoms with E-state index >= 15 is 4.39 Å². The molecule has 4 aliphatic rings. The lowest BCUT2D eigenvalue weighted by atomic mass is 9.44. The predicted molar refractivity (Wildman–Crippen MR) is 158 cm³/mol. The smallest absolute Gasteiger partial charge is 0.407 e. The molecule has 5 rings (SSSR count). The number of amides is 1. The summed E-state index contributed by atoms with van der Waals surface area (Å²) in [5.41, 5.74) is -6.22. The van der Waals surface area contributed by atoms with Crippen LogP contribution in [0.2, 0.25) is 0 Å². The summed E-state index contributed by atoms with van der Waals surface area (Å²) in [5.74, 6) is -3.55. The number of alkyl carbamates (subject to hydrolysis) is 1. The molecule has 4 N–H and O–H groups in total. The standard InChI is InChI=1S/C32H37FN2O12/c1-29-10-9-21(36)13-20(29)7-8-22-23-14-24(37)32(42,30(23,2)15-25(38)31(22,29)33)26(39)17-46-28(41)34-11-12-45-27(40)19-5-3-18(4-6-19)16-47-35(43)44/h3-6,9-10,13,22-25,37-38,42H,7-8,11-12,14-17H2,1-2H3,(H,34,41)/t22-,23-,24+,25-,29-,30-,31-,32-/m0/s1. The first-order chi connectivity index (χ1) is 22.1. The monoisotopic (exact) mass is 660 g/mol. The Hall–Kier alpha value is -4.21. The van der Waals surface area contributed by atoms with E-state index in [4.69, 9.17) is 9.47 Å². The minimum atomic E-state index is -2.45. The van der Waals surface area contributed by atoms with Crippen molar-refractivity contribution in [3.8, 4) is 0 Å². The Morgan fingerprint density at radius 1 is 1.11 bits per heavy atom. The number of nitrogens with one attached hydrogen (secondary N) is 1. The molecular formula is C32H37FN2O12. The summed E-state index contributed by atoms with van der Waals surface area (Å²) in [6, 6.07) is 5.68. The number of ether oxygens (including phenoxy) is 2. The number of esters is 1. The topological polar surface area (TPSA) is 212 Å². The number of rotatable bonds is 10. The molecule has 0 unspecified atom stereocenters. The number of fused-ring (bicyclic) bond motifs is 5. The lowest BCUT2D eigenvalue weighted by Gasteiger charge is -2.62. The number of carbonyl (C=O) groups excluding carboxylic acids is 4. The Morgan fingerprint density at radius 3 is 2.49 bits per heavy atom. The van der Waals surface area contributed by atoms with Gasteiger partial charge in [-0.25, -0.2) is 14.0 Å². The molecule has 15 heteroatoms. The fraction of sp³-hybridized carbons (Fsp3) is 0.562. The van der Waals surface area contributed by atoms with Gasteiger partial charge in [0.15, 0.2) is 23.7 Å². The first kappa shape index (κ1) is 34.1. The largest absolute Gasteiger partial charge is 0.460 e. The molecule has 0 aromatic heterocycles. The van der Waals surface area contributed by atoms with Crippen LogP contribution in [0.25, 0.3) is 0 Å². The van der Waals surface area contributed by atoms with Crippen LogP contribution in [0.3, 0.4) is 0 Å². The molecule has 47 heavy (non-hydrogen) atoms. The van der Waals surface area contributed by atoms with Crippen molar-refractivity contribution in [1.82, 2.24) is 5.32 Å². The summed E-state index contributed by atoms with van der Waals surface area (Å²) in [5, 5.41) is 45.9. The van der Waals surface area contributed by atoms with Gasteiger partial charge in [0.2, 0.25) is 5.78 Å². The molecule has 0 bridgehead atoms. The summed E-state index contributed by atoms with van der Waals surface area (Å²) in [6.07, 6.45) is -0.0303. The van der Waals surface area contributed by atoms with Crippen LogP contribution in [0.15, 0.2) is 48.1 Å². The quantitative estimate of drug-likeness (QED) is 0.123. The Kier molecular flexibility index (Phi) is 9.03. The highest BCUT2D eigenvalue weighted by molar-refractivity contribution is 6.01. The van der Waals surface area contributed by atoms with Crippen LogP contribution < -0.4 is 5.32 Å². The molecule has 0 spiro atoms. The van der Waals surface area contributed by atoms with Crippen molar-refractivity contribution in [2.45, 2.75) is 69.6 Å². The van der Waals surface area contributed by atoms with Crippen molar-refractivity contribution in [3.05, 3.63) is 69.3 Å². The zero-order valence-electron chi connectivity index (χ0n) is 25.8. The minimum absolute atomic E-state index is 0.119. The second kappa shape index (κ2) is 12.4. The molecular weight excluding hydrogens is 623 g/mol. The number of aliphatic hydroxyl groups is 3. The second-order valence-electron chi connectivity index (χ2n) is 13.0. The number of hydrogen-bond donors (Lipinski definition) is 4. The van der Waals surface area contributed by atoms with Gasteiger partial charge in [0.05, 0.1) is 24.3 Å². The van der Waals surface area contributed by atoms with Crippen molar-refractivity contribution in [2.24, 2.45) is 22.7 Å². The third kappa shape index (κ3) is 5.59. The molecule has 3 saturated carbocycles. The average molecular weight is 661 g/mol. The zero-order valence-corrected chi connectivity index (χ0v) is 25.8. The average Bonchev–Trinajstić information content (AvgIpc) is 3.23. The maximum Gasteiger partial charge on any atom is 0.407 e. The van der Waals surface area contributed by atoms with E-state index in [2.05, 4.69) is 10.2 Å². The summed E-state index contributed by atoms with van der Waals surface area (Å²) in [7, 11) is 0. The normalized spacial score (nSPS) is 35.4. The molecule has 1 amide bonds. The molecule has 0 radical (unpaired) electrons. The lowest BCUT2D eigenvalue weighted by molar-refractivity contribution is -0.763. The van der Waals surface area contributed by atoms with Gasteiger partial charge in [0.25, 0.3) is 5.09 Å². The van der Waals surface area contributed by atoms with E-state index in [1.807, 2.05) is 0 Å². The van der Waals surface area contributed by atoms with Crippen LogP contribution in [0.5, 0.6) is 0 Å². The molecule has 0 aliphatic heterocycles. The number of benzene rings is 1. The third-order valence-corrected chi connectivity index (χ3v) is 10.8. The van der Waals surface area contributed by atoms with E-state index in [0.29, 0.717) is 17.6 Å². The van der Waals surface area contributed by atoms with Crippen LogP contribution >= 0.6 is 0 Å². The van der Waals surface area contributed by atoms with Crippen LogP contribution in [0.4, 0.5) is 9.18 Å². The van der Waals surface area contributed by atoms with E-state index in [9.17, 15) is 44.6 Å². The molecule has 1 aromatic rings. The molecule has 0 saturated heterocycles. The van der Waals surface area contributed by atoms with Crippen molar-refractivity contribution < 1.29 is 58.3 Å². The van der Waals surface area contributed by atoms with Crippen LogP contribution in [0.1, 0.15) is 55.5 Å². The van der Waals surface area contributed by atoms with E-state index in [1.165, 1.54) is 49.4 Å². The van der Waals surface area contributed by atoms with E-state index in [1.54, 1.807) is 6.92 Å². The number of hydrogen-bond acceptors (Lipinski definition) is 12. The Bertz CT molecular complexity index is 1530. The number of ketones is 2. The molecule has 3 fully saturated rings. The van der Waals surface area contributed by atoms with Gasteiger partial charge in [-0.2, -0.15) is 0 Å². The Balaban J connectivity index is 1.15. The maximum atomic E-state index is 17.2. The number of halogens is 1. The van der Waals surface area contributed by atoms with Gasteiger partial charge in [-0.1, -0.05) is 30.7 Å². The van der Waals surface area contributed by atoms with E-state index < -0.39 is 75.7 Å². The number of alkyl halides is 1. The number of allylic oxidation sites excluding steroid dienone is 4. The minimum Gasteiger partial charge on any atom is -0.460 e. The maximum absolute atomic E-state index is 17.2. The fourth-order valence-corrected chi connectivity index (χ4v) is 8.27. The first-order valence-electron chi connectivity index (χ1n) is 15.3. The molecule has 0 heterocycles. The summed E-state index contributed by atoms with van der Waals surface area (Å²) in [6.45, 7) is 1.50. The molecule has 4 aliphatic carbocycles. The highest BCUT2D eigenvalue weighted by Gasteiger charge is 2.76. The first-order valence-corrected chi connectivity index (χ1v) is 15.3. The highest BCUT2D eigenvalue weighted by atomic mass is 19.1. The van der Waals surface area contributed by atoms with Crippen LogP contribution in [-0.4, -0.2) is 87.3 Å². The van der Waals surface area contributed by atoms with Gasteiger partial charge >= 0.3 is 12.1 Å². The molecule has 1 aromatic carbocycles. The second-order valence-corrected chi connectivity index (χ2v) is 13.0. The number of nitrogens with zero attached hydrogens (tertiary/aromatic N) is 1. The Morgan fingerprint density at radius 2 is 1.81 bits per heavy atom. The van der Waals surface area contributed by atoms with Gasteiger partial charge in [-0.3, -0.25) is 9.59 Å². The number of aliphatic hydroxyl groups excluding tert-OH is 2. The van der Waals surface area contributed by atoms with E-state index in [-0.39, 0.29) is 50.4 Å². The van der Waals surface area contributed by atoms with Crippen LogP contribution in [-0.2, 0) is 30.5 Å². The molecule has 8 atom stereocenters. The van der Waals surface area contributed by atoms with Crippen molar-refractivity contribution in [1.29, 1.82) is 0 Å². The highest BCUT2D eigenvalue weighted by Crippen LogP contribution is 2.69. The van der Waals surface area contributed by atoms with Gasteiger partial charge < -0.3 is 34.9 Å². The zero-order chi connectivity index (χ0) is 34.4. The Labute approximate surface area is 268 Å².